The van der Waals surface area contributed by atoms with Gasteiger partial charge in [-0.2, -0.15) is 5.10 Å². The average Bonchev–Trinajstić information content (AvgIpc) is 2.96. The first-order chi connectivity index (χ1) is 12.5. The van der Waals surface area contributed by atoms with E-state index in [2.05, 4.69) is 10.4 Å². The van der Waals surface area contributed by atoms with Crippen molar-refractivity contribution in [3.8, 4) is 0 Å². The van der Waals surface area contributed by atoms with Gasteiger partial charge in [0.1, 0.15) is 5.82 Å². The summed E-state index contributed by atoms with van der Waals surface area (Å²) in [6.45, 7) is 2.41. The van der Waals surface area contributed by atoms with Crippen molar-refractivity contribution >= 4 is 11.7 Å². The second-order valence-electron chi connectivity index (χ2n) is 6.11. The van der Waals surface area contributed by atoms with E-state index in [1.165, 1.54) is 6.07 Å². The van der Waals surface area contributed by atoms with Crippen LogP contribution in [0.2, 0.25) is 0 Å². The van der Waals surface area contributed by atoms with E-state index in [1.807, 2.05) is 37.3 Å². The van der Waals surface area contributed by atoms with Crippen LogP contribution in [0.4, 0.5) is 14.6 Å². The molecule has 3 rings (SSSR count). The summed E-state index contributed by atoms with van der Waals surface area (Å²) in [5.41, 5.74) is 2.46. The van der Waals surface area contributed by atoms with E-state index in [1.54, 1.807) is 10.7 Å². The van der Waals surface area contributed by atoms with E-state index in [9.17, 15) is 13.6 Å². The van der Waals surface area contributed by atoms with Crippen LogP contribution >= 0.6 is 0 Å². The maximum atomic E-state index is 13.2. The topological polar surface area (TPSA) is 46.9 Å². The highest BCUT2D eigenvalue weighted by molar-refractivity contribution is 5.90. The number of carbonyl (C=O) groups is 1. The SMILES string of the molecule is Cc1cc(NC(=O)CCc2ccc(F)c(F)c2)n(Cc2ccccc2)n1. The number of nitrogens with zero attached hydrogens (tertiary/aromatic N) is 2. The lowest BCUT2D eigenvalue weighted by Gasteiger charge is -2.09. The molecule has 1 heterocycles. The van der Waals surface area contributed by atoms with E-state index in [-0.39, 0.29) is 12.3 Å². The van der Waals surface area contributed by atoms with Gasteiger partial charge in [0.05, 0.1) is 12.2 Å². The minimum Gasteiger partial charge on any atom is -0.311 e. The van der Waals surface area contributed by atoms with Crippen LogP contribution in [0.15, 0.2) is 54.6 Å². The molecule has 0 radical (unpaired) electrons. The zero-order chi connectivity index (χ0) is 18.5. The number of hydrogen-bond acceptors (Lipinski definition) is 2. The first kappa shape index (κ1) is 17.8. The van der Waals surface area contributed by atoms with Gasteiger partial charge in [-0.15, -0.1) is 0 Å². The minimum atomic E-state index is -0.903. The maximum absolute atomic E-state index is 13.2. The lowest BCUT2D eigenvalue weighted by Crippen LogP contribution is -2.16. The van der Waals surface area contributed by atoms with Crippen LogP contribution in [0.1, 0.15) is 23.2 Å². The Kier molecular flexibility index (Phi) is 5.41. The molecule has 0 unspecified atom stereocenters. The molecule has 1 aromatic heterocycles. The maximum Gasteiger partial charge on any atom is 0.225 e. The molecule has 0 fully saturated rings. The van der Waals surface area contributed by atoms with E-state index in [4.69, 9.17) is 0 Å². The molecule has 1 amide bonds. The highest BCUT2D eigenvalue weighted by Gasteiger charge is 2.11. The Morgan fingerprint density at radius 2 is 1.81 bits per heavy atom. The van der Waals surface area contributed by atoms with Crippen LogP contribution in [0, 0.1) is 18.6 Å². The Hall–Kier alpha value is -3.02. The van der Waals surface area contributed by atoms with Crippen molar-refractivity contribution in [2.75, 3.05) is 5.32 Å². The second-order valence-corrected chi connectivity index (χ2v) is 6.11. The molecule has 3 aromatic rings. The summed E-state index contributed by atoms with van der Waals surface area (Å²) in [7, 11) is 0. The molecule has 0 saturated carbocycles. The third-order valence-electron chi connectivity index (χ3n) is 3.97. The van der Waals surface area contributed by atoms with Crippen molar-refractivity contribution in [1.29, 1.82) is 0 Å². The Labute approximate surface area is 150 Å². The normalized spacial score (nSPS) is 10.7. The fourth-order valence-corrected chi connectivity index (χ4v) is 2.68. The molecule has 0 bridgehead atoms. The van der Waals surface area contributed by atoms with Gasteiger partial charge < -0.3 is 5.32 Å². The highest BCUT2D eigenvalue weighted by Crippen LogP contribution is 2.15. The molecule has 0 aliphatic carbocycles. The van der Waals surface area contributed by atoms with Gasteiger partial charge in [0.25, 0.3) is 0 Å². The van der Waals surface area contributed by atoms with Gasteiger partial charge in [0, 0.05) is 12.5 Å². The number of amides is 1. The fraction of sp³-hybridized carbons (Fsp3) is 0.200. The summed E-state index contributed by atoms with van der Waals surface area (Å²) in [4.78, 5) is 12.2. The molecular formula is C20H19F2N3O. The van der Waals surface area contributed by atoms with Crippen molar-refractivity contribution in [2.45, 2.75) is 26.3 Å². The van der Waals surface area contributed by atoms with Gasteiger partial charge in [-0.3, -0.25) is 4.79 Å². The molecule has 134 valence electrons. The van der Waals surface area contributed by atoms with Crippen molar-refractivity contribution in [3.63, 3.8) is 0 Å². The van der Waals surface area contributed by atoms with Gasteiger partial charge in [0.15, 0.2) is 11.6 Å². The highest BCUT2D eigenvalue weighted by atomic mass is 19.2. The van der Waals surface area contributed by atoms with Gasteiger partial charge in [-0.25, -0.2) is 13.5 Å². The van der Waals surface area contributed by atoms with Crippen molar-refractivity contribution in [2.24, 2.45) is 0 Å². The fourth-order valence-electron chi connectivity index (χ4n) is 2.68. The van der Waals surface area contributed by atoms with E-state index in [0.717, 1.165) is 23.4 Å². The van der Waals surface area contributed by atoms with E-state index in [0.29, 0.717) is 24.3 Å². The Morgan fingerprint density at radius 1 is 1.04 bits per heavy atom. The quantitative estimate of drug-likeness (QED) is 0.724. The standard InChI is InChI=1S/C20H19F2N3O/c1-14-11-19(25(24-14)13-16-5-3-2-4-6-16)23-20(26)10-8-15-7-9-17(21)18(22)12-15/h2-7,9,11-12H,8,10,13H2,1H3,(H,23,26). The number of halogens is 2. The van der Waals surface area contributed by atoms with E-state index < -0.39 is 11.6 Å². The van der Waals surface area contributed by atoms with Gasteiger partial charge in [-0.05, 0) is 36.6 Å². The summed E-state index contributed by atoms with van der Waals surface area (Å²) in [6.07, 6.45) is 0.496. The second kappa shape index (κ2) is 7.91. The largest absolute Gasteiger partial charge is 0.311 e. The molecule has 0 aliphatic rings. The van der Waals surface area contributed by atoms with Crippen molar-refractivity contribution in [3.05, 3.63) is 83.1 Å². The predicted molar refractivity (Wildman–Crippen MR) is 95.8 cm³/mol. The molecule has 1 N–H and O–H groups in total. The average molecular weight is 355 g/mol. The zero-order valence-corrected chi connectivity index (χ0v) is 14.4. The predicted octanol–water partition coefficient (Wildman–Crippen LogP) is 4.09. The van der Waals surface area contributed by atoms with Gasteiger partial charge in [0.2, 0.25) is 5.91 Å². The lowest BCUT2D eigenvalue weighted by molar-refractivity contribution is -0.116. The number of benzene rings is 2. The molecule has 4 nitrogen and oxygen atoms in total. The molecule has 0 atom stereocenters. The molecular weight excluding hydrogens is 336 g/mol. The minimum absolute atomic E-state index is 0.167. The molecule has 6 heteroatoms. The summed E-state index contributed by atoms with van der Waals surface area (Å²) < 4.78 is 27.9. The number of rotatable bonds is 6. The van der Waals surface area contributed by atoms with Crippen LogP contribution in [0.25, 0.3) is 0 Å². The monoisotopic (exact) mass is 355 g/mol. The Balaban J connectivity index is 1.63. The molecule has 0 saturated heterocycles. The van der Waals surface area contributed by atoms with Crippen LogP contribution < -0.4 is 5.32 Å². The third-order valence-corrected chi connectivity index (χ3v) is 3.97. The van der Waals surface area contributed by atoms with Crippen LogP contribution in [-0.2, 0) is 17.8 Å². The van der Waals surface area contributed by atoms with Crippen LogP contribution in [0.5, 0.6) is 0 Å². The van der Waals surface area contributed by atoms with Crippen molar-refractivity contribution in [1.82, 2.24) is 9.78 Å². The molecule has 0 spiro atoms. The summed E-state index contributed by atoms with van der Waals surface area (Å²) in [5.74, 6) is -1.39. The Morgan fingerprint density at radius 3 is 2.54 bits per heavy atom. The number of nitrogens with one attached hydrogen (secondary N) is 1. The third kappa shape index (κ3) is 4.53. The van der Waals surface area contributed by atoms with Crippen LogP contribution in [0.3, 0.4) is 0 Å². The molecule has 0 aliphatic heterocycles. The van der Waals surface area contributed by atoms with Gasteiger partial charge >= 0.3 is 0 Å². The number of anilines is 1. The zero-order valence-electron chi connectivity index (χ0n) is 14.4. The van der Waals surface area contributed by atoms with Crippen LogP contribution in [-0.4, -0.2) is 15.7 Å². The Bertz CT molecular complexity index is 907. The van der Waals surface area contributed by atoms with E-state index >= 15 is 0 Å². The molecule has 2 aromatic carbocycles. The first-order valence-corrected chi connectivity index (χ1v) is 8.33. The summed E-state index contributed by atoms with van der Waals surface area (Å²) in [5, 5.41) is 7.25. The van der Waals surface area contributed by atoms with Crippen molar-refractivity contribution < 1.29 is 13.6 Å². The van der Waals surface area contributed by atoms with Gasteiger partial charge in [-0.1, -0.05) is 36.4 Å². The lowest BCUT2D eigenvalue weighted by atomic mass is 10.1. The summed E-state index contributed by atoms with van der Waals surface area (Å²) >= 11 is 0. The number of hydrogen-bond donors (Lipinski definition) is 1. The number of carbonyl (C=O) groups excluding carboxylic acids is 1. The molecule has 26 heavy (non-hydrogen) atoms. The number of aromatic nitrogens is 2. The number of aryl methyl sites for hydroxylation is 2. The smallest absolute Gasteiger partial charge is 0.225 e. The first-order valence-electron chi connectivity index (χ1n) is 8.33. The summed E-state index contributed by atoms with van der Waals surface area (Å²) in [6, 6.07) is 15.3.